The number of hydrogen-bond acceptors (Lipinski definition) is 9. The van der Waals surface area contributed by atoms with Gasteiger partial charge in [0.1, 0.15) is 17.9 Å². The van der Waals surface area contributed by atoms with Gasteiger partial charge in [-0.25, -0.2) is 4.98 Å². The lowest BCUT2D eigenvalue weighted by Gasteiger charge is -2.14. The first-order valence-electron chi connectivity index (χ1n) is 9.17. The third-order valence-corrected chi connectivity index (χ3v) is 5.21. The van der Waals surface area contributed by atoms with E-state index in [4.69, 9.17) is 13.7 Å². The van der Waals surface area contributed by atoms with Gasteiger partial charge in [0.05, 0.1) is 18.3 Å². The first kappa shape index (κ1) is 21.3. The van der Waals surface area contributed by atoms with Crippen LogP contribution in [0.2, 0.25) is 0 Å². The maximum atomic E-state index is 12.7. The Kier molecular flexibility index (Phi) is 5.94. The predicted molar refractivity (Wildman–Crippen MR) is 105 cm³/mol. The minimum Gasteiger partial charge on any atom is -0.492 e. The Hall–Kier alpha value is -2.96. The molecular formula is C19H17F3N4O4S. The quantitative estimate of drug-likeness (QED) is 0.385. The van der Waals surface area contributed by atoms with Gasteiger partial charge < -0.3 is 24.1 Å². The van der Waals surface area contributed by atoms with Gasteiger partial charge in [0.2, 0.25) is 11.7 Å². The van der Waals surface area contributed by atoms with E-state index in [1.165, 1.54) is 5.38 Å². The summed E-state index contributed by atoms with van der Waals surface area (Å²) in [5, 5.41) is 17.4. The van der Waals surface area contributed by atoms with Crippen LogP contribution < -0.4 is 10.1 Å². The van der Waals surface area contributed by atoms with E-state index >= 15 is 0 Å². The van der Waals surface area contributed by atoms with Gasteiger partial charge in [-0.15, -0.1) is 11.3 Å². The van der Waals surface area contributed by atoms with E-state index in [9.17, 15) is 18.3 Å². The van der Waals surface area contributed by atoms with Crippen molar-refractivity contribution in [1.82, 2.24) is 20.4 Å². The summed E-state index contributed by atoms with van der Waals surface area (Å²) in [7, 11) is 0. The summed E-state index contributed by atoms with van der Waals surface area (Å²) in [5.41, 5.74) is 0.774. The smallest absolute Gasteiger partial charge is 0.443 e. The van der Waals surface area contributed by atoms with Gasteiger partial charge in [0.25, 0.3) is 0 Å². The third kappa shape index (κ3) is 4.86. The molecule has 164 valence electrons. The number of nitrogens with zero attached hydrogens (tertiary/aromatic N) is 3. The molecule has 3 aromatic heterocycles. The maximum absolute atomic E-state index is 12.7. The summed E-state index contributed by atoms with van der Waals surface area (Å²) < 4.78 is 54.4. The summed E-state index contributed by atoms with van der Waals surface area (Å²) in [4.78, 5) is 7.68. The van der Waals surface area contributed by atoms with Crippen LogP contribution in [0.15, 0.2) is 38.6 Å². The first-order valence-corrected chi connectivity index (χ1v) is 10.1. The predicted octanol–water partition coefficient (Wildman–Crippen LogP) is 3.97. The number of furan rings is 1. The average molecular weight is 454 g/mol. The van der Waals surface area contributed by atoms with Gasteiger partial charge in [0.15, 0.2) is 10.8 Å². The van der Waals surface area contributed by atoms with Crippen LogP contribution in [0.3, 0.4) is 0 Å². The molecule has 3 heterocycles. The van der Waals surface area contributed by atoms with Crippen LogP contribution in [0, 0.1) is 6.92 Å². The van der Waals surface area contributed by atoms with Crippen molar-refractivity contribution in [1.29, 1.82) is 0 Å². The number of thiazole rings is 1. The summed E-state index contributed by atoms with van der Waals surface area (Å²) in [6.07, 6.45) is -4.50. The maximum Gasteiger partial charge on any atom is 0.443 e. The molecule has 4 aromatic rings. The fraction of sp³-hybridized carbons (Fsp3) is 0.316. The standard InChI is InChI=1S/C19H17F3N4O4S/c1-10-24-17(26-30-10)16-7-11-6-12(2-3-15(11)29-16)28-5-4-23-13(8-27)14-9-31-18(25-14)19(20,21)22/h2-3,6-7,9,13,23,27H,4-5,8H2,1H3/t13-/m0/s1. The number of aliphatic hydroxyl groups is 1. The van der Waals surface area contributed by atoms with Crippen molar-refractivity contribution in [2.45, 2.75) is 19.1 Å². The second-order valence-corrected chi connectivity index (χ2v) is 7.42. The molecule has 0 radical (unpaired) electrons. The number of aliphatic hydroxyl groups excluding tert-OH is 1. The van der Waals surface area contributed by atoms with Crippen molar-refractivity contribution in [2.24, 2.45) is 0 Å². The van der Waals surface area contributed by atoms with Crippen molar-refractivity contribution < 1.29 is 32.0 Å². The Balaban J connectivity index is 1.34. The molecule has 0 saturated carbocycles. The van der Waals surface area contributed by atoms with Crippen molar-refractivity contribution in [2.75, 3.05) is 19.8 Å². The summed E-state index contributed by atoms with van der Waals surface area (Å²) in [6, 6.07) is 6.32. The monoisotopic (exact) mass is 454 g/mol. The molecule has 0 saturated heterocycles. The highest BCUT2D eigenvalue weighted by Gasteiger charge is 2.35. The largest absolute Gasteiger partial charge is 0.492 e. The Morgan fingerprint density at radius 1 is 1.26 bits per heavy atom. The van der Waals surface area contributed by atoms with Crippen molar-refractivity contribution in [3.8, 4) is 17.3 Å². The van der Waals surface area contributed by atoms with Gasteiger partial charge in [-0.1, -0.05) is 5.16 Å². The molecule has 8 nitrogen and oxygen atoms in total. The molecule has 0 fully saturated rings. The molecule has 0 aliphatic carbocycles. The third-order valence-electron chi connectivity index (χ3n) is 4.30. The second-order valence-electron chi connectivity index (χ2n) is 6.56. The van der Waals surface area contributed by atoms with Crippen LogP contribution >= 0.6 is 11.3 Å². The van der Waals surface area contributed by atoms with Crippen LogP contribution in [0.5, 0.6) is 5.75 Å². The summed E-state index contributed by atoms with van der Waals surface area (Å²) in [6.45, 7) is 1.82. The van der Waals surface area contributed by atoms with Gasteiger partial charge in [-0.2, -0.15) is 18.2 Å². The van der Waals surface area contributed by atoms with Gasteiger partial charge in [-0.3, -0.25) is 0 Å². The van der Waals surface area contributed by atoms with E-state index in [0.717, 1.165) is 5.39 Å². The summed E-state index contributed by atoms with van der Waals surface area (Å²) in [5.74, 6) is 1.84. The molecule has 0 spiro atoms. The molecule has 1 atom stereocenters. The number of aromatic nitrogens is 3. The number of halogens is 3. The zero-order chi connectivity index (χ0) is 22.0. The van der Waals surface area contributed by atoms with Crippen LogP contribution in [0.25, 0.3) is 22.6 Å². The molecule has 12 heteroatoms. The molecule has 0 unspecified atom stereocenters. The van der Waals surface area contributed by atoms with Crippen LogP contribution in [0.4, 0.5) is 13.2 Å². The molecule has 1 aromatic carbocycles. The highest BCUT2D eigenvalue weighted by Crippen LogP contribution is 2.33. The van der Waals surface area contributed by atoms with E-state index in [1.54, 1.807) is 31.2 Å². The molecule has 0 amide bonds. The fourth-order valence-corrected chi connectivity index (χ4v) is 3.60. The minimum absolute atomic E-state index is 0.142. The number of rotatable bonds is 8. The molecule has 0 aliphatic rings. The first-order chi connectivity index (χ1) is 14.8. The van der Waals surface area contributed by atoms with Crippen molar-refractivity contribution >= 4 is 22.3 Å². The number of benzene rings is 1. The minimum atomic E-state index is -4.50. The van der Waals surface area contributed by atoms with E-state index in [0.29, 0.717) is 46.7 Å². The van der Waals surface area contributed by atoms with Crippen LogP contribution in [0.1, 0.15) is 22.6 Å². The number of alkyl halides is 3. The lowest BCUT2D eigenvalue weighted by molar-refractivity contribution is -0.137. The highest BCUT2D eigenvalue weighted by atomic mass is 32.1. The average Bonchev–Trinajstić information content (AvgIpc) is 3.46. The summed E-state index contributed by atoms with van der Waals surface area (Å²) >= 11 is 0.497. The Morgan fingerprint density at radius 2 is 2.10 bits per heavy atom. The van der Waals surface area contributed by atoms with Gasteiger partial charge in [-0.05, 0) is 24.3 Å². The number of nitrogens with one attached hydrogen (secondary N) is 1. The molecule has 4 rings (SSSR count). The van der Waals surface area contributed by atoms with Gasteiger partial charge in [0, 0.05) is 24.2 Å². The Bertz CT molecular complexity index is 1170. The highest BCUT2D eigenvalue weighted by molar-refractivity contribution is 7.09. The fourth-order valence-electron chi connectivity index (χ4n) is 2.86. The number of aryl methyl sites for hydroxylation is 1. The molecule has 2 N–H and O–H groups in total. The van der Waals surface area contributed by atoms with E-state index in [2.05, 4.69) is 20.4 Å². The Morgan fingerprint density at radius 3 is 2.77 bits per heavy atom. The number of hydrogen-bond donors (Lipinski definition) is 2. The zero-order valence-electron chi connectivity index (χ0n) is 16.1. The molecule has 31 heavy (non-hydrogen) atoms. The van der Waals surface area contributed by atoms with Crippen LogP contribution in [-0.4, -0.2) is 40.0 Å². The number of ether oxygens (including phenoxy) is 1. The van der Waals surface area contributed by atoms with Crippen LogP contribution in [-0.2, 0) is 6.18 Å². The SMILES string of the molecule is Cc1nc(-c2cc3cc(OCCN[C@@H](CO)c4csc(C(F)(F)F)n4)ccc3o2)no1. The second kappa shape index (κ2) is 8.65. The normalized spacial score (nSPS) is 13.1. The lowest BCUT2D eigenvalue weighted by Crippen LogP contribution is -2.29. The molecule has 0 bridgehead atoms. The van der Waals surface area contributed by atoms with E-state index in [-0.39, 0.29) is 18.9 Å². The van der Waals surface area contributed by atoms with E-state index < -0.39 is 17.2 Å². The molecule has 0 aliphatic heterocycles. The zero-order valence-corrected chi connectivity index (χ0v) is 17.0. The van der Waals surface area contributed by atoms with Crippen molar-refractivity contribution in [3.05, 3.63) is 46.2 Å². The lowest BCUT2D eigenvalue weighted by atomic mass is 10.2. The van der Waals surface area contributed by atoms with Crippen molar-refractivity contribution in [3.63, 3.8) is 0 Å². The van der Waals surface area contributed by atoms with Gasteiger partial charge >= 0.3 is 6.18 Å². The Labute approximate surface area is 177 Å². The topological polar surface area (TPSA) is 106 Å². The van der Waals surface area contributed by atoms with E-state index in [1.807, 2.05) is 0 Å². The molecular weight excluding hydrogens is 437 g/mol. The number of fused-ring (bicyclic) bond motifs is 1.